The van der Waals surface area contributed by atoms with Crippen LogP contribution < -0.4 is 10.2 Å². The summed E-state index contributed by atoms with van der Waals surface area (Å²) in [6.07, 6.45) is 0. The molecule has 1 saturated heterocycles. The van der Waals surface area contributed by atoms with Gasteiger partial charge in [-0.25, -0.2) is 0 Å². The number of ether oxygens (including phenoxy) is 1. The van der Waals surface area contributed by atoms with Gasteiger partial charge in [-0.2, -0.15) is 10.4 Å². The fourth-order valence-corrected chi connectivity index (χ4v) is 3.93. The van der Waals surface area contributed by atoms with Crippen LogP contribution in [0.25, 0.3) is 10.8 Å². The molecule has 3 aromatic rings. The molecule has 0 saturated carbocycles. The summed E-state index contributed by atoms with van der Waals surface area (Å²) in [4.78, 5) is 2.34. The fourth-order valence-electron chi connectivity index (χ4n) is 3.93. The Kier molecular flexibility index (Phi) is 5.32. The number of hydrogen-bond acceptors (Lipinski definition) is 6. The molecule has 1 unspecified atom stereocenters. The number of fused-ring (bicyclic) bond motifs is 1. The number of hydrogen-bond donors (Lipinski definition) is 1. The molecule has 1 fully saturated rings. The Morgan fingerprint density at radius 2 is 1.90 bits per heavy atom. The van der Waals surface area contributed by atoms with Gasteiger partial charge >= 0.3 is 0 Å². The maximum absolute atomic E-state index is 9.33. The third-order valence-electron chi connectivity index (χ3n) is 5.64. The van der Waals surface area contributed by atoms with E-state index in [2.05, 4.69) is 57.7 Å². The second kappa shape index (κ2) is 8.06. The molecule has 6 heteroatoms. The van der Waals surface area contributed by atoms with E-state index in [0.717, 1.165) is 59.7 Å². The largest absolute Gasteiger partial charge is 0.378 e. The van der Waals surface area contributed by atoms with Gasteiger partial charge in [0.2, 0.25) is 0 Å². The number of aromatic nitrogens is 2. The summed E-state index contributed by atoms with van der Waals surface area (Å²) in [5.74, 6) is 0.759. The Labute approximate surface area is 171 Å². The second-order valence-corrected chi connectivity index (χ2v) is 7.46. The van der Waals surface area contributed by atoms with Crippen LogP contribution in [0.15, 0.2) is 36.4 Å². The average molecular weight is 387 g/mol. The van der Waals surface area contributed by atoms with Gasteiger partial charge in [0.05, 0.1) is 36.6 Å². The molecule has 1 N–H and O–H groups in total. The van der Waals surface area contributed by atoms with Crippen molar-refractivity contribution >= 4 is 22.3 Å². The van der Waals surface area contributed by atoms with Crippen molar-refractivity contribution in [2.45, 2.75) is 26.8 Å². The molecule has 0 amide bonds. The van der Waals surface area contributed by atoms with Crippen LogP contribution in [0.4, 0.5) is 11.5 Å². The summed E-state index contributed by atoms with van der Waals surface area (Å²) in [5, 5.41) is 23.8. The molecular formula is C23H25N5O. The zero-order valence-corrected chi connectivity index (χ0v) is 17.1. The van der Waals surface area contributed by atoms with Gasteiger partial charge in [-0.1, -0.05) is 18.2 Å². The van der Waals surface area contributed by atoms with Crippen LogP contribution in [0.2, 0.25) is 0 Å². The molecule has 0 spiro atoms. The van der Waals surface area contributed by atoms with Crippen molar-refractivity contribution < 1.29 is 4.74 Å². The first-order valence-corrected chi connectivity index (χ1v) is 9.94. The third-order valence-corrected chi connectivity index (χ3v) is 5.64. The first-order valence-electron chi connectivity index (χ1n) is 9.94. The van der Waals surface area contributed by atoms with Gasteiger partial charge in [-0.05, 0) is 50.1 Å². The minimum Gasteiger partial charge on any atom is -0.378 e. The van der Waals surface area contributed by atoms with Crippen molar-refractivity contribution in [1.82, 2.24) is 10.2 Å². The van der Waals surface area contributed by atoms with E-state index in [1.54, 1.807) is 0 Å². The molecule has 1 atom stereocenters. The van der Waals surface area contributed by atoms with Crippen molar-refractivity contribution in [3.05, 3.63) is 58.8 Å². The summed E-state index contributed by atoms with van der Waals surface area (Å²) in [6.45, 7) is 9.34. The molecule has 29 heavy (non-hydrogen) atoms. The third kappa shape index (κ3) is 3.74. The van der Waals surface area contributed by atoms with Crippen LogP contribution in [-0.4, -0.2) is 36.5 Å². The summed E-state index contributed by atoms with van der Waals surface area (Å²) >= 11 is 0. The lowest BCUT2D eigenvalue weighted by atomic mass is 9.98. The molecule has 6 nitrogen and oxygen atoms in total. The number of morpholine rings is 1. The molecule has 0 radical (unpaired) electrons. The molecule has 2 aromatic carbocycles. The lowest BCUT2D eigenvalue weighted by molar-refractivity contribution is 0.122. The highest BCUT2D eigenvalue weighted by Crippen LogP contribution is 2.31. The van der Waals surface area contributed by atoms with E-state index in [4.69, 9.17) is 4.74 Å². The van der Waals surface area contributed by atoms with E-state index in [1.807, 2.05) is 26.0 Å². The molecule has 1 aliphatic rings. The molecule has 148 valence electrons. The SMILES string of the molecule is Cc1c(C#N)cccc1C(C)Nc1nnc(C)c2ccc(N3CCOCC3)cc12. The molecule has 0 bridgehead atoms. The van der Waals surface area contributed by atoms with Crippen molar-refractivity contribution in [2.75, 3.05) is 36.5 Å². The average Bonchev–Trinajstić information content (AvgIpc) is 2.76. The van der Waals surface area contributed by atoms with E-state index in [-0.39, 0.29) is 6.04 Å². The normalized spacial score (nSPS) is 15.2. The van der Waals surface area contributed by atoms with Crippen molar-refractivity contribution in [3.63, 3.8) is 0 Å². The number of anilines is 2. The van der Waals surface area contributed by atoms with Crippen LogP contribution in [0.5, 0.6) is 0 Å². The van der Waals surface area contributed by atoms with Crippen molar-refractivity contribution in [2.24, 2.45) is 0 Å². The smallest absolute Gasteiger partial charge is 0.157 e. The number of aryl methyl sites for hydroxylation is 1. The van der Waals surface area contributed by atoms with Gasteiger partial charge in [0, 0.05) is 29.5 Å². The highest BCUT2D eigenvalue weighted by Gasteiger charge is 2.17. The summed E-state index contributed by atoms with van der Waals surface area (Å²) < 4.78 is 5.48. The Balaban J connectivity index is 1.71. The maximum Gasteiger partial charge on any atom is 0.157 e. The Hall–Kier alpha value is -3.17. The monoisotopic (exact) mass is 387 g/mol. The highest BCUT2D eigenvalue weighted by atomic mass is 16.5. The number of nitrogens with zero attached hydrogens (tertiary/aromatic N) is 4. The number of rotatable bonds is 4. The Morgan fingerprint density at radius 3 is 2.66 bits per heavy atom. The van der Waals surface area contributed by atoms with Gasteiger partial charge in [0.25, 0.3) is 0 Å². The van der Waals surface area contributed by atoms with Crippen LogP contribution in [0.1, 0.15) is 35.3 Å². The van der Waals surface area contributed by atoms with Crippen LogP contribution in [0, 0.1) is 25.2 Å². The second-order valence-electron chi connectivity index (χ2n) is 7.46. The minimum atomic E-state index is -0.00412. The maximum atomic E-state index is 9.33. The minimum absolute atomic E-state index is 0.00412. The van der Waals surface area contributed by atoms with E-state index >= 15 is 0 Å². The molecular weight excluding hydrogens is 362 g/mol. The quantitative estimate of drug-likeness (QED) is 0.726. The van der Waals surface area contributed by atoms with Crippen LogP contribution >= 0.6 is 0 Å². The molecule has 1 aliphatic heterocycles. The van der Waals surface area contributed by atoms with Gasteiger partial charge < -0.3 is 15.0 Å². The first kappa shape index (κ1) is 19.2. The lowest BCUT2D eigenvalue weighted by Gasteiger charge is -2.29. The molecule has 4 rings (SSSR count). The van der Waals surface area contributed by atoms with Crippen molar-refractivity contribution in [1.29, 1.82) is 5.26 Å². The first-order chi connectivity index (χ1) is 14.1. The summed E-state index contributed by atoms with van der Waals surface area (Å²) in [7, 11) is 0. The predicted octanol–water partition coefficient (Wildman–Crippen LogP) is 4.13. The van der Waals surface area contributed by atoms with E-state index < -0.39 is 0 Å². The van der Waals surface area contributed by atoms with Crippen molar-refractivity contribution in [3.8, 4) is 6.07 Å². The number of benzene rings is 2. The van der Waals surface area contributed by atoms with Gasteiger partial charge in [0.1, 0.15) is 0 Å². The van der Waals surface area contributed by atoms with E-state index in [0.29, 0.717) is 5.56 Å². The number of nitriles is 1. The number of nitrogens with one attached hydrogen (secondary N) is 1. The molecule has 2 heterocycles. The van der Waals surface area contributed by atoms with E-state index in [1.165, 1.54) is 5.69 Å². The molecule has 0 aliphatic carbocycles. The van der Waals surface area contributed by atoms with Gasteiger partial charge in [-0.15, -0.1) is 5.10 Å². The molecule has 1 aromatic heterocycles. The Bertz CT molecular complexity index is 1080. The highest BCUT2D eigenvalue weighted by molar-refractivity contribution is 5.95. The van der Waals surface area contributed by atoms with Gasteiger partial charge in [-0.3, -0.25) is 0 Å². The van der Waals surface area contributed by atoms with E-state index in [9.17, 15) is 5.26 Å². The predicted molar refractivity (Wildman–Crippen MR) is 115 cm³/mol. The zero-order chi connectivity index (χ0) is 20.4. The topological polar surface area (TPSA) is 74.1 Å². The standard InChI is InChI=1S/C23H25N5O/c1-15-18(14-24)5-4-6-20(15)16(2)25-23-22-13-19(28-9-11-29-12-10-28)7-8-21(22)17(3)26-27-23/h4-8,13,16H,9-12H2,1-3H3,(H,25,27). The summed E-state index contributed by atoms with van der Waals surface area (Å²) in [6, 6.07) is 14.6. The summed E-state index contributed by atoms with van der Waals surface area (Å²) in [5.41, 5.74) is 4.86. The zero-order valence-electron chi connectivity index (χ0n) is 17.1. The fraction of sp³-hybridized carbons (Fsp3) is 0.348. The van der Waals surface area contributed by atoms with Gasteiger partial charge in [0.15, 0.2) is 5.82 Å². The van der Waals surface area contributed by atoms with Crippen LogP contribution in [-0.2, 0) is 4.74 Å². The Morgan fingerprint density at radius 1 is 1.10 bits per heavy atom. The lowest BCUT2D eigenvalue weighted by Crippen LogP contribution is -2.36. The van der Waals surface area contributed by atoms with Crippen LogP contribution in [0.3, 0.4) is 0 Å².